The van der Waals surface area contributed by atoms with Gasteiger partial charge in [0, 0.05) is 13.1 Å². The van der Waals surface area contributed by atoms with Crippen LogP contribution in [0.2, 0.25) is 0 Å². The predicted molar refractivity (Wildman–Crippen MR) is 78.6 cm³/mol. The van der Waals surface area contributed by atoms with E-state index in [1.165, 1.54) is 4.68 Å². The van der Waals surface area contributed by atoms with Crippen molar-refractivity contribution in [1.82, 2.24) is 14.5 Å². The highest BCUT2D eigenvalue weighted by Crippen LogP contribution is 2.31. The van der Waals surface area contributed by atoms with Gasteiger partial charge >= 0.3 is 0 Å². The third-order valence-corrected chi connectivity index (χ3v) is 6.18. The molecule has 0 aliphatic heterocycles. The van der Waals surface area contributed by atoms with Crippen molar-refractivity contribution in [2.45, 2.75) is 51.0 Å². The van der Waals surface area contributed by atoms with E-state index in [9.17, 15) is 8.42 Å². The fraction of sp³-hybridized carbons (Fsp3) is 0.769. The molecule has 2 rings (SSSR count). The van der Waals surface area contributed by atoms with Crippen LogP contribution in [-0.4, -0.2) is 24.2 Å². The summed E-state index contributed by atoms with van der Waals surface area (Å²) in [4.78, 5) is 0.117. The van der Waals surface area contributed by atoms with Crippen LogP contribution in [0.5, 0.6) is 0 Å². The third-order valence-electron chi connectivity index (χ3n) is 4.49. The summed E-state index contributed by atoms with van der Waals surface area (Å²) in [6.07, 6.45) is 2.80. The van der Waals surface area contributed by atoms with Gasteiger partial charge in [0.05, 0.1) is 5.69 Å². The van der Waals surface area contributed by atoms with E-state index < -0.39 is 10.0 Å². The number of anilines is 1. The van der Waals surface area contributed by atoms with Crippen LogP contribution in [0.25, 0.3) is 0 Å². The number of aryl methyl sites for hydroxylation is 1. The Morgan fingerprint density at radius 2 is 1.95 bits per heavy atom. The van der Waals surface area contributed by atoms with Gasteiger partial charge < -0.3 is 5.73 Å². The fourth-order valence-electron chi connectivity index (χ4n) is 2.88. The van der Waals surface area contributed by atoms with Crippen molar-refractivity contribution in [1.29, 1.82) is 0 Å². The van der Waals surface area contributed by atoms with Crippen molar-refractivity contribution in [2.75, 3.05) is 5.73 Å². The van der Waals surface area contributed by atoms with Crippen LogP contribution < -0.4 is 10.5 Å². The van der Waals surface area contributed by atoms with Gasteiger partial charge in [-0.25, -0.2) is 13.1 Å². The normalized spacial score (nSPS) is 27.7. The number of nitrogens with zero attached hydrogens (tertiary/aromatic N) is 2. The molecule has 1 fully saturated rings. The lowest BCUT2D eigenvalue weighted by Crippen LogP contribution is -2.40. The average Bonchev–Trinajstić information content (AvgIpc) is 2.58. The van der Waals surface area contributed by atoms with Gasteiger partial charge in [-0.15, -0.1) is 0 Å². The van der Waals surface area contributed by atoms with Gasteiger partial charge in [0.25, 0.3) is 0 Å². The minimum Gasteiger partial charge on any atom is -0.381 e. The van der Waals surface area contributed by atoms with Crippen molar-refractivity contribution in [3.63, 3.8) is 0 Å². The molecule has 1 saturated carbocycles. The summed E-state index contributed by atoms with van der Waals surface area (Å²) in [6.45, 7) is 6.11. The molecule has 0 spiro atoms. The first-order valence-corrected chi connectivity index (χ1v) is 8.52. The van der Waals surface area contributed by atoms with Gasteiger partial charge in [-0.1, -0.05) is 13.8 Å². The summed E-state index contributed by atoms with van der Waals surface area (Å²) >= 11 is 0. The Labute approximate surface area is 120 Å². The van der Waals surface area contributed by atoms with Gasteiger partial charge in [0.2, 0.25) is 10.0 Å². The number of nitrogens with two attached hydrogens (primary N) is 1. The molecule has 1 heterocycles. The molecule has 3 unspecified atom stereocenters. The van der Waals surface area contributed by atoms with E-state index >= 15 is 0 Å². The number of hydrogen-bond acceptors (Lipinski definition) is 4. The van der Waals surface area contributed by atoms with Gasteiger partial charge in [-0.2, -0.15) is 5.10 Å². The van der Waals surface area contributed by atoms with Crippen molar-refractivity contribution in [3.8, 4) is 0 Å². The first kappa shape index (κ1) is 15.3. The number of nitrogen functional groups attached to an aromatic ring is 1. The second-order valence-corrected chi connectivity index (χ2v) is 7.66. The first-order chi connectivity index (χ1) is 9.22. The van der Waals surface area contributed by atoms with E-state index in [1.54, 1.807) is 14.0 Å². The van der Waals surface area contributed by atoms with Crippen LogP contribution in [-0.2, 0) is 17.1 Å². The second-order valence-electron chi connectivity index (χ2n) is 6.01. The van der Waals surface area contributed by atoms with Gasteiger partial charge in [0.1, 0.15) is 4.90 Å². The van der Waals surface area contributed by atoms with Crippen molar-refractivity contribution < 1.29 is 8.42 Å². The van der Waals surface area contributed by atoms with E-state index in [0.29, 0.717) is 17.5 Å². The smallest absolute Gasteiger partial charge is 0.246 e. The number of nitrogens with one attached hydrogen (secondary N) is 1. The highest BCUT2D eigenvalue weighted by atomic mass is 32.2. The Kier molecular flexibility index (Phi) is 4.11. The number of sulfonamides is 1. The molecule has 0 aromatic carbocycles. The molecule has 1 aromatic rings. The van der Waals surface area contributed by atoms with Gasteiger partial charge in [-0.3, -0.25) is 4.68 Å². The molecule has 20 heavy (non-hydrogen) atoms. The van der Waals surface area contributed by atoms with E-state index in [-0.39, 0.29) is 16.8 Å². The maximum Gasteiger partial charge on any atom is 0.246 e. The molecule has 0 amide bonds. The Morgan fingerprint density at radius 1 is 1.30 bits per heavy atom. The summed E-state index contributed by atoms with van der Waals surface area (Å²) in [5.74, 6) is 1.25. The van der Waals surface area contributed by atoms with Crippen LogP contribution in [0.3, 0.4) is 0 Å². The lowest BCUT2D eigenvalue weighted by atomic mass is 9.79. The summed E-state index contributed by atoms with van der Waals surface area (Å²) < 4.78 is 29.3. The van der Waals surface area contributed by atoms with Crippen molar-refractivity contribution in [3.05, 3.63) is 5.69 Å². The zero-order chi connectivity index (χ0) is 15.1. The van der Waals surface area contributed by atoms with Crippen LogP contribution >= 0.6 is 0 Å². The van der Waals surface area contributed by atoms with E-state index in [2.05, 4.69) is 23.7 Å². The molecule has 1 aromatic heterocycles. The van der Waals surface area contributed by atoms with E-state index in [4.69, 9.17) is 5.73 Å². The molecule has 1 aliphatic rings. The summed E-state index contributed by atoms with van der Waals surface area (Å²) in [6, 6.07) is -0.00907. The van der Waals surface area contributed by atoms with Crippen molar-refractivity contribution >= 4 is 15.8 Å². The fourth-order valence-corrected chi connectivity index (χ4v) is 4.49. The minimum absolute atomic E-state index is 0.00907. The number of rotatable bonds is 3. The minimum atomic E-state index is -3.60. The van der Waals surface area contributed by atoms with Crippen LogP contribution in [0.1, 0.15) is 38.8 Å². The molecule has 114 valence electrons. The molecule has 0 saturated heterocycles. The standard InChI is InChI=1S/C13H24N4O2S/c1-8-5-6-11(7-9(8)2)16-20(18,19)12-10(3)17(4)15-13(12)14/h8-9,11,16H,5-7H2,1-4H3,(H2,14,15). The van der Waals surface area contributed by atoms with E-state index in [0.717, 1.165) is 19.3 Å². The number of aromatic nitrogens is 2. The van der Waals surface area contributed by atoms with Gasteiger partial charge in [-0.05, 0) is 38.0 Å². The van der Waals surface area contributed by atoms with Crippen LogP contribution in [0, 0.1) is 18.8 Å². The lowest BCUT2D eigenvalue weighted by molar-refractivity contribution is 0.242. The monoisotopic (exact) mass is 300 g/mol. The molecule has 7 heteroatoms. The summed E-state index contributed by atoms with van der Waals surface area (Å²) in [7, 11) is -1.91. The average molecular weight is 300 g/mol. The molecular weight excluding hydrogens is 276 g/mol. The quantitative estimate of drug-likeness (QED) is 0.883. The Balaban J connectivity index is 2.20. The first-order valence-electron chi connectivity index (χ1n) is 7.03. The van der Waals surface area contributed by atoms with E-state index in [1.807, 2.05) is 0 Å². The highest BCUT2D eigenvalue weighted by molar-refractivity contribution is 7.89. The summed E-state index contributed by atoms with van der Waals surface area (Å²) in [5, 5.41) is 3.97. The predicted octanol–water partition coefficient (Wildman–Crippen LogP) is 1.41. The highest BCUT2D eigenvalue weighted by Gasteiger charge is 2.31. The molecule has 3 atom stereocenters. The zero-order valence-electron chi connectivity index (χ0n) is 12.5. The lowest BCUT2D eigenvalue weighted by Gasteiger charge is -2.32. The largest absolute Gasteiger partial charge is 0.381 e. The molecular formula is C13H24N4O2S. The Morgan fingerprint density at radius 3 is 2.45 bits per heavy atom. The zero-order valence-corrected chi connectivity index (χ0v) is 13.4. The van der Waals surface area contributed by atoms with Crippen LogP contribution in [0.4, 0.5) is 5.82 Å². The maximum absolute atomic E-state index is 12.5. The molecule has 6 nitrogen and oxygen atoms in total. The van der Waals surface area contributed by atoms with Crippen LogP contribution in [0.15, 0.2) is 4.90 Å². The molecule has 0 radical (unpaired) electrons. The molecule has 0 bridgehead atoms. The second kappa shape index (κ2) is 5.37. The number of hydrogen-bond donors (Lipinski definition) is 2. The maximum atomic E-state index is 12.5. The van der Waals surface area contributed by atoms with Crippen molar-refractivity contribution in [2.24, 2.45) is 18.9 Å². The SMILES string of the molecule is Cc1c(S(=O)(=O)NC2CCC(C)C(C)C2)c(N)nn1C. The molecule has 3 N–H and O–H groups in total. The Bertz CT molecular complexity index is 594. The topological polar surface area (TPSA) is 90.0 Å². The third kappa shape index (κ3) is 2.83. The Hall–Kier alpha value is -1.08. The molecule has 1 aliphatic carbocycles. The summed E-state index contributed by atoms with van der Waals surface area (Å²) in [5.41, 5.74) is 6.29. The van der Waals surface area contributed by atoms with Gasteiger partial charge in [0.15, 0.2) is 5.82 Å².